The summed E-state index contributed by atoms with van der Waals surface area (Å²) in [4.78, 5) is 0.784. The van der Waals surface area contributed by atoms with E-state index >= 15 is 0 Å². The molecule has 12 heavy (non-hydrogen) atoms. The van der Waals surface area contributed by atoms with Gasteiger partial charge >= 0.3 is 0 Å². The van der Waals surface area contributed by atoms with Crippen LogP contribution in [0.1, 0.15) is 5.56 Å². The Kier molecular flexibility index (Phi) is 1.62. The van der Waals surface area contributed by atoms with Crippen molar-refractivity contribution in [2.75, 3.05) is 0 Å². The molecule has 3 nitrogen and oxygen atoms in total. The Bertz CT molecular complexity index is 373. The lowest BCUT2D eigenvalue weighted by atomic mass is 10.2. The standard InChI is InChI=1S/C8H8N2OS/c9-8-5-6-3-1-2-4-7(6)12(11)10-8/h1-5,10H,9H2. The first-order valence-electron chi connectivity index (χ1n) is 3.52. The van der Waals surface area contributed by atoms with E-state index in [0.717, 1.165) is 10.5 Å². The fourth-order valence-electron chi connectivity index (χ4n) is 1.13. The molecule has 62 valence electrons. The van der Waals surface area contributed by atoms with Gasteiger partial charge in [0.15, 0.2) is 11.0 Å². The van der Waals surface area contributed by atoms with Gasteiger partial charge in [-0.25, -0.2) is 4.21 Å². The summed E-state index contributed by atoms with van der Waals surface area (Å²) >= 11 is 0. The number of hydrogen-bond acceptors (Lipinski definition) is 2. The van der Waals surface area contributed by atoms with Gasteiger partial charge in [-0.1, -0.05) is 18.2 Å². The number of nitrogens with two attached hydrogens (primary N) is 1. The van der Waals surface area contributed by atoms with Crippen LogP contribution in [0.3, 0.4) is 0 Å². The third-order valence-electron chi connectivity index (χ3n) is 1.64. The largest absolute Gasteiger partial charge is 0.385 e. The number of benzene rings is 1. The fourth-order valence-corrected chi connectivity index (χ4v) is 2.05. The third kappa shape index (κ3) is 1.10. The minimum Gasteiger partial charge on any atom is -0.385 e. The predicted molar refractivity (Wildman–Crippen MR) is 48.2 cm³/mol. The molecule has 2 rings (SSSR count). The highest BCUT2D eigenvalue weighted by Crippen LogP contribution is 2.18. The molecule has 0 saturated carbocycles. The van der Waals surface area contributed by atoms with Crippen LogP contribution in [0.2, 0.25) is 0 Å². The molecule has 0 spiro atoms. The van der Waals surface area contributed by atoms with Crippen molar-refractivity contribution in [3.63, 3.8) is 0 Å². The highest BCUT2D eigenvalue weighted by molar-refractivity contribution is 7.83. The molecule has 1 aliphatic rings. The second-order valence-electron chi connectivity index (χ2n) is 2.51. The average molecular weight is 180 g/mol. The summed E-state index contributed by atoms with van der Waals surface area (Å²) in [6, 6.07) is 7.46. The summed E-state index contributed by atoms with van der Waals surface area (Å²) in [6.45, 7) is 0. The Morgan fingerprint density at radius 3 is 2.92 bits per heavy atom. The molecule has 1 atom stereocenters. The van der Waals surface area contributed by atoms with E-state index in [9.17, 15) is 4.21 Å². The van der Waals surface area contributed by atoms with Crippen molar-refractivity contribution in [2.24, 2.45) is 5.73 Å². The first-order chi connectivity index (χ1) is 5.77. The smallest absolute Gasteiger partial charge is 0.152 e. The maximum absolute atomic E-state index is 11.4. The molecule has 0 aliphatic carbocycles. The zero-order chi connectivity index (χ0) is 8.55. The molecule has 0 bridgehead atoms. The predicted octanol–water partition coefficient (Wildman–Crippen LogP) is 0.570. The van der Waals surface area contributed by atoms with E-state index in [1.54, 1.807) is 6.08 Å². The quantitative estimate of drug-likeness (QED) is 0.613. The second kappa shape index (κ2) is 2.64. The van der Waals surface area contributed by atoms with Crippen LogP contribution >= 0.6 is 0 Å². The molecule has 0 radical (unpaired) electrons. The highest BCUT2D eigenvalue weighted by Gasteiger charge is 2.12. The van der Waals surface area contributed by atoms with Crippen molar-refractivity contribution in [3.05, 3.63) is 35.6 Å². The van der Waals surface area contributed by atoms with Crippen molar-refractivity contribution < 1.29 is 4.21 Å². The van der Waals surface area contributed by atoms with Gasteiger partial charge in [0.05, 0.1) is 4.90 Å². The van der Waals surface area contributed by atoms with E-state index in [2.05, 4.69) is 4.72 Å². The van der Waals surface area contributed by atoms with E-state index in [1.165, 1.54) is 0 Å². The molecule has 1 aliphatic heterocycles. The van der Waals surface area contributed by atoms with Crippen molar-refractivity contribution in [1.82, 2.24) is 4.72 Å². The van der Waals surface area contributed by atoms with Crippen molar-refractivity contribution in [2.45, 2.75) is 4.90 Å². The number of rotatable bonds is 0. The lowest BCUT2D eigenvalue weighted by molar-refractivity contribution is 0.677. The first kappa shape index (κ1) is 7.36. The molecular weight excluding hydrogens is 172 g/mol. The van der Waals surface area contributed by atoms with Crippen LogP contribution in [-0.4, -0.2) is 4.21 Å². The van der Waals surface area contributed by atoms with Crippen LogP contribution in [0, 0.1) is 0 Å². The van der Waals surface area contributed by atoms with Gasteiger partial charge in [-0.05, 0) is 17.7 Å². The monoisotopic (exact) mass is 180 g/mol. The van der Waals surface area contributed by atoms with Gasteiger partial charge in [-0.15, -0.1) is 0 Å². The summed E-state index contributed by atoms with van der Waals surface area (Å²) in [5.74, 6) is 0.451. The summed E-state index contributed by atoms with van der Waals surface area (Å²) < 4.78 is 14.0. The molecule has 0 saturated heterocycles. The number of nitrogens with one attached hydrogen (secondary N) is 1. The Balaban J connectivity index is 2.62. The molecule has 0 amide bonds. The zero-order valence-electron chi connectivity index (χ0n) is 6.28. The van der Waals surface area contributed by atoms with Crippen LogP contribution in [0.4, 0.5) is 0 Å². The molecule has 0 aromatic heterocycles. The normalized spacial score (nSPS) is 20.7. The van der Waals surface area contributed by atoms with E-state index in [-0.39, 0.29) is 0 Å². The Morgan fingerprint density at radius 1 is 1.33 bits per heavy atom. The number of fused-ring (bicyclic) bond motifs is 1. The van der Waals surface area contributed by atoms with Gasteiger partial charge in [-0.2, -0.15) is 0 Å². The van der Waals surface area contributed by atoms with E-state index in [1.807, 2.05) is 24.3 Å². The molecule has 1 aromatic rings. The van der Waals surface area contributed by atoms with Gasteiger partial charge in [-0.3, -0.25) is 4.72 Å². The lowest BCUT2D eigenvalue weighted by Gasteiger charge is -2.13. The minimum absolute atomic E-state index is 0.451. The van der Waals surface area contributed by atoms with Crippen LogP contribution in [0.5, 0.6) is 0 Å². The Labute approximate surface area is 72.9 Å². The SMILES string of the molecule is NC1=Cc2ccccc2S(=O)N1. The topological polar surface area (TPSA) is 55.1 Å². The van der Waals surface area contributed by atoms with Crippen LogP contribution < -0.4 is 10.5 Å². The first-order valence-corrected chi connectivity index (χ1v) is 4.67. The molecule has 0 fully saturated rings. The number of hydrogen-bond donors (Lipinski definition) is 2. The summed E-state index contributed by atoms with van der Waals surface area (Å²) in [7, 11) is -1.19. The van der Waals surface area contributed by atoms with E-state index in [0.29, 0.717) is 5.82 Å². The summed E-state index contributed by atoms with van der Waals surface area (Å²) in [5, 5.41) is 0. The molecule has 1 unspecified atom stereocenters. The zero-order valence-corrected chi connectivity index (χ0v) is 7.10. The van der Waals surface area contributed by atoms with Gasteiger partial charge in [0.25, 0.3) is 0 Å². The average Bonchev–Trinajstić information content (AvgIpc) is 2.04. The summed E-state index contributed by atoms with van der Waals surface area (Å²) in [5.41, 5.74) is 6.42. The van der Waals surface area contributed by atoms with Crippen LogP contribution in [0.15, 0.2) is 35.0 Å². The maximum Gasteiger partial charge on any atom is 0.152 e. The van der Waals surface area contributed by atoms with Gasteiger partial charge < -0.3 is 5.73 Å². The van der Waals surface area contributed by atoms with Crippen LogP contribution in [0.25, 0.3) is 6.08 Å². The van der Waals surface area contributed by atoms with Crippen molar-refractivity contribution in [1.29, 1.82) is 0 Å². The van der Waals surface area contributed by atoms with Crippen LogP contribution in [-0.2, 0) is 11.0 Å². The minimum atomic E-state index is -1.19. The fraction of sp³-hybridized carbons (Fsp3) is 0. The molecule has 3 N–H and O–H groups in total. The molecule has 1 heterocycles. The maximum atomic E-state index is 11.4. The van der Waals surface area contributed by atoms with Crippen molar-refractivity contribution >= 4 is 17.1 Å². The van der Waals surface area contributed by atoms with Crippen molar-refractivity contribution in [3.8, 4) is 0 Å². The highest BCUT2D eigenvalue weighted by atomic mass is 32.2. The molecule has 1 aromatic carbocycles. The van der Waals surface area contributed by atoms with Gasteiger partial charge in [0.2, 0.25) is 0 Å². The van der Waals surface area contributed by atoms with E-state index < -0.39 is 11.0 Å². The lowest BCUT2D eigenvalue weighted by Crippen LogP contribution is -2.25. The Morgan fingerprint density at radius 2 is 2.08 bits per heavy atom. The molecule has 4 heteroatoms. The van der Waals surface area contributed by atoms with Gasteiger partial charge in [0.1, 0.15) is 5.82 Å². The third-order valence-corrected chi connectivity index (χ3v) is 2.83. The molecular formula is C8H8N2OS. The second-order valence-corrected chi connectivity index (χ2v) is 3.69. The van der Waals surface area contributed by atoms with Gasteiger partial charge in [0, 0.05) is 0 Å². The summed E-state index contributed by atoms with van der Waals surface area (Å²) in [6.07, 6.45) is 1.77. The van der Waals surface area contributed by atoms with E-state index in [4.69, 9.17) is 5.73 Å². The Hall–Kier alpha value is -1.29.